The summed E-state index contributed by atoms with van der Waals surface area (Å²) < 4.78 is 6.92. The summed E-state index contributed by atoms with van der Waals surface area (Å²) in [6, 6.07) is 6.31. The lowest BCUT2D eigenvalue weighted by atomic mass is 10.1. The minimum Gasteiger partial charge on any atom is -0.490 e. The van der Waals surface area contributed by atoms with E-state index in [0.29, 0.717) is 6.10 Å². The van der Waals surface area contributed by atoms with E-state index in [1.54, 1.807) is 0 Å². The molecule has 2 nitrogen and oxygen atoms in total. The van der Waals surface area contributed by atoms with Gasteiger partial charge in [-0.15, -0.1) is 0 Å². The van der Waals surface area contributed by atoms with Gasteiger partial charge in [0.2, 0.25) is 0 Å². The van der Waals surface area contributed by atoms with E-state index in [1.165, 1.54) is 18.4 Å². The average Bonchev–Trinajstić information content (AvgIpc) is 2.92. The predicted molar refractivity (Wildman–Crippen MR) is 65.1 cm³/mol. The summed E-state index contributed by atoms with van der Waals surface area (Å²) in [4.78, 5) is 0. The number of rotatable bonds is 4. The van der Waals surface area contributed by atoms with Crippen molar-refractivity contribution in [3.05, 3.63) is 28.2 Å². The van der Waals surface area contributed by atoms with Crippen LogP contribution in [0.5, 0.6) is 5.75 Å². The topological polar surface area (TPSA) is 35.2 Å². The molecule has 1 aliphatic carbocycles. The third kappa shape index (κ3) is 3.21. The second kappa shape index (κ2) is 4.54. The smallest absolute Gasteiger partial charge is 0.123 e. The molecule has 15 heavy (non-hydrogen) atoms. The van der Waals surface area contributed by atoms with Gasteiger partial charge in [-0.25, -0.2) is 0 Å². The Morgan fingerprint density at radius 1 is 1.53 bits per heavy atom. The zero-order valence-corrected chi connectivity index (χ0v) is 10.5. The molecule has 1 saturated carbocycles. The van der Waals surface area contributed by atoms with Crippen molar-refractivity contribution in [3.8, 4) is 5.75 Å². The highest BCUT2D eigenvalue weighted by Gasteiger charge is 2.24. The van der Waals surface area contributed by atoms with Crippen LogP contribution in [0.2, 0.25) is 0 Å². The number of benzene rings is 1. The van der Waals surface area contributed by atoms with Crippen molar-refractivity contribution in [3.63, 3.8) is 0 Å². The van der Waals surface area contributed by atoms with Gasteiger partial charge >= 0.3 is 0 Å². The van der Waals surface area contributed by atoms with E-state index in [9.17, 15) is 0 Å². The molecule has 1 aromatic rings. The molecule has 0 radical (unpaired) electrons. The molecule has 0 aliphatic heterocycles. The Morgan fingerprint density at radius 2 is 2.27 bits per heavy atom. The normalized spacial score (nSPS) is 17.5. The summed E-state index contributed by atoms with van der Waals surface area (Å²) >= 11 is 3.47. The van der Waals surface area contributed by atoms with Gasteiger partial charge in [-0.2, -0.15) is 0 Å². The zero-order valence-electron chi connectivity index (χ0n) is 8.87. The fourth-order valence-corrected chi connectivity index (χ4v) is 1.94. The second-order valence-electron chi connectivity index (χ2n) is 4.25. The van der Waals surface area contributed by atoms with Crippen molar-refractivity contribution in [2.24, 2.45) is 5.73 Å². The van der Waals surface area contributed by atoms with Crippen molar-refractivity contribution in [1.82, 2.24) is 0 Å². The number of ether oxygens (including phenoxy) is 1. The summed E-state index contributed by atoms with van der Waals surface area (Å²) in [6.07, 6.45) is 3.68. The van der Waals surface area contributed by atoms with Crippen LogP contribution in [0.25, 0.3) is 0 Å². The first kappa shape index (κ1) is 11.0. The van der Waals surface area contributed by atoms with E-state index < -0.39 is 0 Å². The first-order chi connectivity index (χ1) is 7.15. The van der Waals surface area contributed by atoms with Gasteiger partial charge in [0.1, 0.15) is 5.75 Å². The molecule has 1 aliphatic rings. The van der Waals surface area contributed by atoms with Gasteiger partial charge < -0.3 is 10.5 Å². The van der Waals surface area contributed by atoms with Crippen LogP contribution < -0.4 is 10.5 Å². The molecule has 1 aromatic carbocycles. The van der Waals surface area contributed by atoms with Crippen molar-refractivity contribution in [1.29, 1.82) is 0 Å². The summed E-state index contributed by atoms with van der Waals surface area (Å²) in [6.45, 7) is 2.02. The lowest BCUT2D eigenvalue weighted by molar-refractivity contribution is 0.299. The molecule has 0 bridgehead atoms. The standard InChI is InChI=1S/C12H16BrNO/c1-8(14)6-9-7-10(13)2-5-12(9)15-11-3-4-11/h2,5,7-8,11H,3-4,6,14H2,1H3. The maximum Gasteiger partial charge on any atom is 0.123 e. The number of hydrogen-bond acceptors (Lipinski definition) is 2. The maximum atomic E-state index is 5.84. The zero-order chi connectivity index (χ0) is 10.8. The Kier molecular flexibility index (Phi) is 3.32. The second-order valence-corrected chi connectivity index (χ2v) is 5.17. The lowest BCUT2D eigenvalue weighted by Gasteiger charge is -2.13. The average molecular weight is 270 g/mol. The largest absolute Gasteiger partial charge is 0.490 e. The van der Waals surface area contributed by atoms with Crippen LogP contribution in [0.1, 0.15) is 25.3 Å². The lowest BCUT2D eigenvalue weighted by Crippen LogP contribution is -2.18. The van der Waals surface area contributed by atoms with Crippen molar-refractivity contribution >= 4 is 15.9 Å². The predicted octanol–water partition coefficient (Wildman–Crippen LogP) is 2.88. The number of nitrogens with two attached hydrogens (primary N) is 1. The van der Waals surface area contributed by atoms with Gasteiger partial charge in [0.25, 0.3) is 0 Å². The Balaban J connectivity index is 2.17. The highest BCUT2D eigenvalue weighted by atomic mass is 79.9. The van der Waals surface area contributed by atoms with Crippen LogP contribution in [-0.4, -0.2) is 12.1 Å². The van der Waals surface area contributed by atoms with Gasteiger partial charge in [-0.1, -0.05) is 15.9 Å². The molecule has 1 atom stereocenters. The van der Waals surface area contributed by atoms with E-state index >= 15 is 0 Å². The van der Waals surface area contributed by atoms with Crippen LogP contribution in [0.3, 0.4) is 0 Å². The van der Waals surface area contributed by atoms with Crippen LogP contribution in [-0.2, 0) is 6.42 Å². The van der Waals surface area contributed by atoms with Gasteiger partial charge in [0, 0.05) is 10.5 Å². The Hall–Kier alpha value is -0.540. The summed E-state index contributed by atoms with van der Waals surface area (Å²) in [5.74, 6) is 0.998. The molecule has 0 heterocycles. The Morgan fingerprint density at radius 3 is 2.87 bits per heavy atom. The van der Waals surface area contributed by atoms with E-state index in [2.05, 4.69) is 22.0 Å². The quantitative estimate of drug-likeness (QED) is 0.913. The van der Waals surface area contributed by atoms with E-state index in [4.69, 9.17) is 10.5 Å². The number of hydrogen-bond donors (Lipinski definition) is 1. The maximum absolute atomic E-state index is 5.84. The molecule has 82 valence electrons. The minimum absolute atomic E-state index is 0.167. The van der Waals surface area contributed by atoms with Crippen LogP contribution >= 0.6 is 15.9 Å². The summed E-state index contributed by atoms with van der Waals surface area (Å²) in [7, 11) is 0. The molecule has 2 rings (SSSR count). The molecule has 0 amide bonds. The van der Waals surface area contributed by atoms with E-state index in [0.717, 1.165) is 16.6 Å². The molecule has 0 saturated heterocycles. The molecular weight excluding hydrogens is 254 g/mol. The van der Waals surface area contributed by atoms with Crippen molar-refractivity contribution in [2.45, 2.75) is 38.3 Å². The molecule has 2 N–H and O–H groups in total. The molecule has 1 unspecified atom stereocenters. The van der Waals surface area contributed by atoms with Gasteiger partial charge in [-0.3, -0.25) is 0 Å². The van der Waals surface area contributed by atoms with Gasteiger partial charge in [-0.05, 0) is 49.9 Å². The first-order valence-electron chi connectivity index (χ1n) is 5.36. The molecular formula is C12H16BrNO. The third-order valence-corrected chi connectivity index (χ3v) is 2.88. The summed E-state index contributed by atoms with van der Waals surface area (Å²) in [5.41, 5.74) is 7.02. The van der Waals surface area contributed by atoms with Crippen LogP contribution in [0.15, 0.2) is 22.7 Å². The fourth-order valence-electron chi connectivity index (χ4n) is 1.53. The molecule has 0 spiro atoms. The Bertz CT molecular complexity index is 347. The first-order valence-corrected chi connectivity index (χ1v) is 6.15. The van der Waals surface area contributed by atoms with Crippen molar-refractivity contribution < 1.29 is 4.74 Å². The van der Waals surface area contributed by atoms with Gasteiger partial charge in [0.05, 0.1) is 6.10 Å². The minimum atomic E-state index is 0.167. The van der Waals surface area contributed by atoms with Crippen LogP contribution in [0.4, 0.5) is 0 Å². The van der Waals surface area contributed by atoms with E-state index in [1.807, 2.05) is 19.1 Å². The van der Waals surface area contributed by atoms with Crippen molar-refractivity contribution in [2.75, 3.05) is 0 Å². The third-order valence-electron chi connectivity index (χ3n) is 2.38. The monoisotopic (exact) mass is 269 g/mol. The SMILES string of the molecule is CC(N)Cc1cc(Br)ccc1OC1CC1. The van der Waals surface area contributed by atoms with E-state index in [-0.39, 0.29) is 6.04 Å². The molecule has 0 aromatic heterocycles. The highest BCUT2D eigenvalue weighted by molar-refractivity contribution is 9.10. The highest BCUT2D eigenvalue weighted by Crippen LogP contribution is 2.31. The van der Waals surface area contributed by atoms with Crippen LogP contribution in [0, 0.1) is 0 Å². The summed E-state index contributed by atoms with van der Waals surface area (Å²) in [5, 5.41) is 0. The molecule has 1 fully saturated rings. The van der Waals surface area contributed by atoms with Gasteiger partial charge in [0.15, 0.2) is 0 Å². The molecule has 3 heteroatoms. The fraction of sp³-hybridized carbons (Fsp3) is 0.500. The Labute approximate surface area is 98.9 Å². The number of halogens is 1.